The van der Waals surface area contributed by atoms with E-state index in [1.165, 1.54) is 0 Å². The zero-order valence-electron chi connectivity index (χ0n) is 18.5. The van der Waals surface area contributed by atoms with E-state index in [2.05, 4.69) is 43.6 Å². The highest BCUT2D eigenvalue weighted by Crippen LogP contribution is 2.25. The summed E-state index contributed by atoms with van der Waals surface area (Å²) in [4.78, 5) is 38.4. The molecule has 9 nitrogen and oxygen atoms in total. The van der Waals surface area contributed by atoms with Crippen LogP contribution < -0.4 is 9.80 Å². The van der Waals surface area contributed by atoms with Crippen molar-refractivity contribution in [1.82, 2.24) is 24.9 Å². The highest BCUT2D eigenvalue weighted by Gasteiger charge is 2.32. The predicted molar refractivity (Wildman–Crippen MR) is 115 cm³/mol. The van der Waals surface area contributed by atoms with Gasteiger partial charge in [0, 0.05) is 44.2 Å². The van der Waals surface area contributed by atoms with Gasteiger partial charge in [-0.05, 0) is 40.2 Å². The number of anilines is 2. The standard InChI is InChI=1S/C21H31N7O2/c1-6-7-20(29)30-11-9-18-22-10-8-19(26-18)28-14(2)12-27(13-15(28)3)21-24-16(4)23-17(5)25-21/h8,10,14-15H,6-7,9,11-13H2,1-5H3/t14-,15+. The summed E-state index contributed by atoms with van der Waals surface area (Å²) < 4.78 is 5.24. The van der Waals surface area contributed by atoms with E-state index in [-0.39, 0.29) is 18.1 Å². The van der Waals surface area contributed by atoms with Crippen LogP contribution in [-0.2, 0) is 16.0 Å². The quantitative estimate of drug-likeness (QED) is 0.633. The maximum absolute atomic E-state index is 11.5. The van der Waals surface area contributed by atoms with Gasteiger partial charge in [-0.3, -0.25) is 4.79 Å². The third-order valence-electron chi connectivity index (χ3n) is 5.05. The highest BCUT2D eigenvalue weighted by atomic mass is 16.5. The molecule has 0 amide bonds. The summed E-state index contributed by atoms with van der Waals surface area (Å²) in [5.41, 5.74) is 0. The molecule has 162 valence electrons. The number of piperazine rings is 1. The fourth-order valence-corrected chi connectivity index (χ4v) is 3.86. The lowest BCUT2D eigenvalue weighted by Gasteiger charge is -2.45. The number of nitrogens with zero attached hydrogens (tertiary/aromatic N) is 7. The fourth-order valence-electron chi connectivity index (χ4n) is 3.86. The molecule has 30 heavy (non-hydrogen) atoms. The molecule has 1 aliphatic heterocycles. The molecule has 2 aromatic rings. The number of esters is 1. The third kappa shape index (κ3) is 5.40. The number of rotatable bonds is 7. The van der Waals surface area contributed by atoms with Gasteiger partial charge in [0.2, 0.25) is 5.95 Å². The molecule has 0 aromatic carbocycles. The first-order valence-electron chi connectivity index (χ1n) is 10.6. The molecule has 2 aromatic heterocycles. The van der Waals surface area contributed by atoms with Crippen molar-refractivity contribution in [3.05, 3.63) is 29.7 Å². The first-order chi connectivity index (χ1) is 14.4. The SMILES string of the molecule is CCCC(=O)OCCc1nccc(N2[C@H](C)CN(c3nc(C)nc(C)n3)C[C@@H]2C)n1. The molecule has 0 radical (unpaired) electrons. The molecule has 1 aliphatic rings. The molecule has 1 saturated heterocycles. The van der Waals surface area contributed by atoms with Gasteiger partial charge in [0.25, 0.3) is 0 Å². The molecule has 2 atom stereocenters. The van der Waals surface area contributed by atoms with Crippen LogP contribution in [0.2, 0.25) is 0 Å². The Bertz CT molecular complexity index is 844. The second-order valence-electron chi connectivity index (χ2n) is 7.79. The predicted octanol–water partition coefficient (Wildman–Crippen LogP) is 2.27. The Morgan fingerprint density at radius 1 is 1.10 bits per heavy atom. The van der Waals surface area contributed by atoms with E-state index in [1.54, 1.807) is 6.20 Å². The molecular formula is C21H31N7O2. The van der Waals surface area contributed by atoms with Gasteiger partial charge in [0.15, 0.2) is 0 Å². The second-order valence-corrected chi connectivity index (χ2v) is 7.79. The first-order valence-corrected chi connectivity index (χ1v) is 10.6. The first kappa shape index (κ1) is 21.9. The van der Waals surface area contributed by atoms with Crippen molar-refractivity contribution in [2.75, 3.05) is 29.5 Å². The molecule has 0 spiro atoms. The van der Waals surface area contributed by atoms with Crippen molar-refractivity contribution in [3.63, 3.8) is 0 Å². The minimum atomic E-state index is -0.171. The Morgan fingerprint density at radius 3 is 2.40 bits per heavy atom. The molecule has 9 heteroatoms. The third-order valence-corrected chi connectivity index (χ3v) is 5.05. The number of hydrogen-bond acceptors (Lipinski definition) is 9. The zero-order chi connectivity index (χ0) is 21.7. The normalized spacial score (nSPS) is 19.1. The minimum Gasteiger partial charge on any atom is -0.465 e. The zero-order valence-corrected chi connectivity index (χ0v) is 18.5. The van der Waals surface area contributed by atoms with Crippen LogP contribution in [0.25, 0.3) is 0 Å². The molecule has 0 saturated carbocycles. The van der Waals surface area contributed by atoms with Crippen LogP contribution in [0.4, 0.5) is 11.8 Å². The minimum absolute atomic E-state index is 0.171. The molecule has 0 aliphatic carbocycles. The Kier molecular flexibility index (Phi) is 7.12. The number of carbonyl (C=O) groups excluding carboxylic acids is 1. The summed E-state index contributed by atoms with van der Waals surface area (Å²) in [6.07, 6.45) is 3.52. The van der Waals surface area contributed by atoms with E-state index < -0.39 is 0 Å². The van der Waals surface area contributed by atoms with Crippen molar-refractivity contribution in [2.24, 2.45) is 0 Å². The molecule has 3 heterocycles. The van der Waals surface area contributed by atoms with Gasteiger partial charge in [-0.1, -0.05) is 6.92 Å². The lowest BCUT2D eigenvalue weighted by molar-refractivity contribution is -0.143. The van der Waals surface area contributed by atoms with E-state index >= 15 is 0 Å². The van der Waals surface area contributed by atoms with Crippen LogP contribution >= 0.6 is 0 Å². The van der Waals surface area contributed by atoms with Crippen molar-refractivity contribution < 1.29 is 9.53 Å². The molecular weight excluding hydrogens is 382 g/mol. The smallest absolute Gasteiger partial charge is 0.305 e. The van der Waals surface area contributed by atoms with Gasteiger partial charge in [0.05, 0.1) is 6.61 Å². The summed E-state index contributed by atoms with van der Waals surface area (Å²) in [6.45, 7) is 12.0. The number of hydrogen-bond donors (Lipinski definition) is 0. The lowest BCUT2D eigenvalue weighted by atomic mass is 10.1. The van der Waals surface area contributed by atoms with Gasteiger partial charge < -0.3 is 14.5 Å². The van der Waals surface area contributed by atoms with Crippen molar-refractivity contribution in [3.8, 4) is 0 Å². The van der Waals surface area contributed by atoms with Crippen molar-refractivity contribution in [1.29, 1.82) is 0 Å². The Balaban J connectivity index is 1.67. The summed E-state index contributed by atoms with van der Waals surface area (Å²) in [5.74, 6) is 3.61. The van der Waals surface area contributed by atoms with Crippen molar-refractivity contribution >= 4 is 17.7 Å². The number of aryl methyl sites for hydroxylation is 2. The number of ether oxygens (including phenoxy) is 1. The molecule has 0 unspecified atom stereocenters. The average Bonchev–Trinajstić information content (AvgIpc) is 2.67. The molecule has 0 N–H and O–H groups in total. The van der Waals surface area contributed by atoms with Crippen LogP contribution in [-0.4, -0.2) is 62.7 Å². The van der Waals surface area contributed by atoms with E-state index in [0.29, 0.717) is 25.3 Å². The summed E-state index contributed by atoms with van der Waals surface area (Å²) >= 11 is 0. The highest BCUT2D eigenvalue weighted by molar-refractivity contribution is 5.69. The summed E-state index contributed by atoms with van der Waals surface area (Å²) in [6, 6.07) is 2.37. The molecule has 1 fully saturated rings. The summed E-state index contributed by atoms with van der Waals surface area (Å²) in [5, 5.41) is 0. The van der Waals surface area contributed by atoms with Crippen LogP contribution in [0.3, 0.4) is 0 Å². The van der Waals surface area contributed by atoms with E-state index in [0.717, 1.165) is 42.9 Å². The molecule has 0 bridgehead atoms. The van der Waals surface area contributed by atoms with Gasteiger partial charge in [0.1, 0.15) is 23.3 Å². The van der Waals surface area contributed by atoms with Gasteiger partial charge in [-0.25, -0.2) is 15.0 Å². The second kappa shape index (κ2) is 9.77. The largest absolute Gasteiger partial charge is 0.465 e. The van der Waals surface area contributed by atoms with Gasteiger partial charge >= 0.3 is 5.97 Å². The molecule has 3 rings (SSSR count). The van der Waals surface area contributed by atoms with Crippen LogP contribution in [0.1, 0.15) is 51.1 Å². The van der Waals surface area contributed by atoms with E-state index in [4.69, 9.17) is 9.72 Å². The average molecular weight is 414 g/mol. The van der Waals surface area contributed by atoms with Crippen LogP contribution in [0.5, 0.6) is 0 Å². The maximum atomic E-state index is 11.5. The van der Waals surface area contributed by atoms with Crippen molar-refractivity contribution in [2.45, 2.75) is 66.0 Å². The Hall–Kier alpha value is -2.84. The Morgan fingerprint density at radius 2 is 1.77 bits per heavy atom. The Labute approximate surface area is 177 Å². The monoisotopic (exact) mass is 413 g/mol. The van der Waals surface area contributed by atoms with E-state index in [1.807, 2.05) is 26.8 Å². The van der Waals surface area contributed by atoms with E-state index in [9.17, 15) is 4.79 Å². The van der Waals surface area contributed by atoms with Crippen LogP contribution in [0.15, 0.2) is 12.3 Å². The fraction of sp³-hybridized carbons (Fsp3) is 0.619. The maximum Gasteiger partial charge on any atom is 0.305 e. The number of carbonyl (C=O) groups is 1. The van der Waals surface area contributed by atoms with Gasteiger partial charge in [-0.2, -0.15) is 9.97 Å². The van der Waals surface area contributed by atoms with Gasteiger partial charge in [-0.15, -0.1) is 0 Å². The van der Waals surface area contributed by atoms with Crippen LogP contribution in [0, 0.1) is 13.8 Å². The summed E-state index contributed by atoms with van der Waals surface area (Å²) in [7, 11) is 0. The lowest BCUT2D eigenvalue weighted by Crippen LogP contribution is -2.57. The number of aromatic nitrogens is 5. The topological polar surface area (TPSA) is 97.2 Å².